The van der Waals surface area contributed by atoms with Crippen LogP contribution >= 0.6 is 7.82 Å². The summed E-state index contributed by atoms with van der Waals surface area (Å²) in [5.41, 5.74) is 0. The number of likely N-dealkylation sites (N-methyl/N-ethyl adjacent to an activating group) is 1. The maximum atomic E-state index is 12.8. The Bertz CT molecular complexity index is 1420. The average Bonchev–Trinajstić information content (AvgIpc) is 3.35. The van der Waals surface area contributed by atoms with Crippen LogP contribution in [-0.4, -0.2) is 70.0 Å². The molecule has 0 amide bonds. The Kier molecular flexibility index (Phi) is 52.8. The summed E-state index contributed by atoms with van der Waals surface area (Å²) in [6.45, 7) is 4.12. The first kappa shape index (κ1) is 70.7. The van der Waals surface area contributed by atoms with Gasteiger partial charge in [-0.3, -0.25) is 14.2 Å². The lowest BCUT2D eigenvalue weighted by atomic mass is 10.0. The highest BCUT2D eigenvalue weighted by atomic mass is 31.2. The first-order chi connectivity index (χ1) is 35.5. The van der Waals surface area contributed by atoms with Crippen molar-refractivity contribution in [2.45, 2.75) is 283 Å². The number of unbranched alkanes of at least 4 members (excludes halogenated alkanes) is 32. The second kappa shape index (κ2) is 54.5. The van der Waals surface area contributed by atoms with E-state index in [-0.39, 0.29) is 32.0 Å². The molecule has 0 aliphatic carbocycles. The van der Waals surface area contributed by atoms with Gasteiger partial charge in [0, 0.05) is 12.8 Å². The van der Waals surface area contributed by atoms with Crippen molar-refractivity contribution in [3.63, 3.8) is 0 Å². The number of hydrogen-bond acceptors (Lipinski definition) is 8. The van der Waals surface area contributed by atoms with Gasteiger partial charge in [-0.2, -0.15) is 0 Å². The Morgan fingerprint density at radius 2 is 0.781 bits per heavy atom. The fraction of sp³-hybridized carbons (Fsp3) is 0.810. The summed E-state index contributed by atoms with van der Waals surface area (Å²) >= 11 is 0. The molecule has 10 heteroatoms. The lowest BCUT2D eigenvalue weighted by Gasteiger charge is -2.28. The Morgan fingerprint density at radius 1 is 0.438 bits per heavy atom. The van der Waals surface area contributed by atoms with Crippen LogP contribution < -0.4 is 4.89 Å². The lowest BCUT2D eigenvalue weighted by molar-refractivity contribution is -0.870. The zero-order chi connectivity index (χ0) is 53.5. The number of esters is 2. The van der Waals surface area contributed by atoms with E-state index in [0.29, 0.717) is 17.4 Å². The van der Waals surface area contributed by atoms with Crippen LogP contribution in [0.15, 0.2) is 60.8 Å². The van der Waals surface area contributed by atoms with Crippen molar-refractivity contribution in [3.05, 3.63) is 60.8 Å². The van der Waals surface area contributed by atoms with E-state index >= 15 is 0 Å². The normalized spacial score (nSPS) is 13.7. The maximum absolute atomic E-state index is 12.8. The largest absolute Gasteiger partial charge is 0.756 e. The smallest absolute Gasteiger partial charge is 0.306 e. The van der Waals surface area contributed by atoms with Gasteiger partial charge in [-0.15, -0.1) is 0 Å². The number of rotatable bonds is 56. The molecule has 0 aromatic heterocycles. The summed E-state index contributed by atoms with van der Waals surface area (Å²) in [6.07, 6.45) is 70.1. The fourth-order valence-electron chi connectivity index (χ4n) is 8.63. The van der Waals surface area contributed by atoms with Crippen LogP contribution in [0.3, 0.4) is 0 Å². The quantitative estimate of drug-likeness (QED) is 0.0195. The summed E-state index contributed by atoms with van der Waals surface area (Å²) in [6, 6.07) is 0. The Hall–Kier alpha value is -2.29. The monoisotopic (exact) mass is 1050 g/mol. The minimum Gasteiger partial charge on any atom is -0.756 e. The van der Waals surface area contributed by atoms with E-state index in [1.54, 1.807) is 0 Å². The molecular formula is C63H116NO8P. The number of carbonyl (C=O) groups excluding carboxylic acids is 2. The molecule has 0 spiro atoms. The third-order valence-electron chi connectivity index (χ3n) is 13.3. The molecule has 73 heavy (non-hydrogen) atoms. The molecule has 0 saturated carbocycles. The molecular weight excluding hydrogens is 930 g/mol. The molecule has 0 aliphatic rings. The van der Waals surface area contributed by atoms with Gasteiger partial charge in [-0.05, 0) is 57.8 Å². The molecule has 9 nitrogen and oxygen atoms in total. The number of phosphoric acid groups is 1. The molecule has 0 fully saturated rings. The molecule has 0 heterocycles. The first-order valence-corrected chi connectivity index (χ1v) is 32.0. The molecule has 0 saturated heterocycles. The number of phosphoric ester groups is 1. The van der Waals surface area contributed by atoms with Crippen LogP contribution in [0.4, 0.5) is 0 Å². The van der Waals surface area contributed by atoms with E-state index < -0.39 is 26.5 Å². The van der Waals surface area contributed by atoms with Gasteiger partial charge in [0.2, 0.25) is 0 Å². The van der Waals surface area contributed by atoms with Crippen molar-refractivity contribution in [3.8, 4) is 0 Å². The zero-order valence-corrected chi connectivity index (χ0v) is 49.2. The van der Waals surface area contributed by atoms with Gasteiger partial charge in [0.05, 0.1) is 27.7 Å². The summed E-state index contributed by atoms with van der Waals surface area (Å²) in [7, 11) is 1.15. The Balaban J connectivity index is 4.08. The number of nitrogens with zero attached hydrogens (tertiary/aromatic N) is 1. The summed E-state index contributed by atoms with van der Waals surface area (Å²) in [4.78, 5) is 37.9. The predicted molar refractivity (Wildman–Crippen MR) is 310 cm³/mol. The van der Waals surface area contributed by atoms with Crippen LogP contribution in [0.2, 0.25) is 0 Å². The van der Waals surface area contributed by atoms with Gasteiger partial charge in [0.25, 0.3) is 7.82 Å². The second-order valence-corrected chi connectivity index (χ2v) is 23.1. The molecule has 0 N–H and O–H groups in total. The number of quaternary nitrogens is 1. The molecule has 0 bridgehead atoms. The van der Waals surface area contributed by atoms with Crippen LogP contribution in [0, 0.1) is 0 Å². The number of hydrogen-bond donors (Lipinski definition) is 0. The molecule has 0 rings (SSSR count). The molecule has 0 aromatic carbocycles. The van der Waals surface area contributed by atoms with E-state index in [2.05, 4.69) is 74.6 Å². The SMILES string of the molecule is CC/C=C\C/C=C\C/C=C\C/C=C\C/C=C\CCCCCC(=O)OC(COC(=O)CCCCCCCCCCCCCCCCCCCCCCCCCCCCCCCC)COP(=O)([O-])OCC[N+](C)(C)C. The first-order valence-electron chi connectivity index (χ1n) is 30.5. The molecule has 2 atom stereocenters. The Labute approximate surface area is 451 Å². The summed E-state index contributed by atoms with van der Waals surface area (Å²) < 4.78 is 34.1. The van der Waals surface area contributed by atoms with Crippen molar-refractivity contribution < 1.29 is 42.1 Å². The van der Waals surface area contributed by atoms with Crippen molar-refractivity contribution >= 4 is 19.8 Å². The minimum absolute atomic E-state index is 0.0387. The summed E-state index contributed by atoms with van der Waals surface area (Å²) in [5, 5.41) is 0. The molecule has 0 aromatic rings. The highest BCUT2D eigenvalue weighted by molar-refractivity contribution is 7.45. The van der Waals surface area contributed by atoms with Gasteiger partial charge in [0.1, 0.15) is 19.8 Å². The standard InChI is InChI=1S/C63H116NO8P/c1-6-8-10-12-14-16-18-20-22-24-26-27-28-29-30-31-32-33-34-35-36-38-39-41-43-45-47-49-51-53-55-62(65)69-59-61(60-71-73(67,68)70-58-57-64(3,4)5)72-63(66)56-54-52-50-48-46-44-42-40-37-25-23-21-19-17-15-13-11-9-7-2/h9,11,15,17,21,23,37,40,44,46,61H,6-8,10,12-14,16,18-20,22,24-36,38-39,41-43,45,47-60H2,1-5H3/b11-9-,17-15-,23-21-,40-37-,46-44-. The fourth-order valence-corrected chi connectivity index (χ4v) is 9.36. The highest BCUT2D eigenvalue weighted by Crippen LogP contribution is 2.38. The van der Waals surface area contributed by atoms with Crippen molar-refractivity contribution in [2.75, 3.05) is 47.5 Å². The van der Waals surface area contributed by atoms with Crippen molar-refractivity contribution in [1.82, 2.24) is 0 Å². The van der Waals surface area contributed by atoms with Gasteiger partial charge in [-0.25, -0.2) is 0 Å². The predicted octanol–water partition coefficient (Wildman–Crippen LogP) is 18.5. The van der Waals surface area contributed by atoms with E-state index in [0.717, 1.165) is 70.6 Å². The minimum atomic E-state index is -4.65. The van der Waals surface area contributed by atoms with Crippen molar-refractivity contribution in [1.29, 1.82) is 0 Å². The topological polar surface area (TPSA) is 111 Å². The molecule has 0 aliphatic heterocycles. The van der Waals surface area contributed by atoms with Crippen LogP contribution in [-0.2, 0) is 32.7 Å². The van der Waals surface area contributed by atoms with E-state index in [9.17, 15) is 19.0 Å². The Morgan fingerprint density at radius 3 is 1.16 bits per heavy atom. The molecule has 426 valence electrons. The third-order valence-corrected chi connectivity index (χ3v) is 14.3. The third kappa shape index (κ3) is 58.8. The van der Waals surface area contributed by atoms with Crippen molar-refractivity contribution in [2.24, 2.45) is 0 Å². The van der Waals surface area contributed by atoms with Gasteiger partial charge < -0.3 is 27.9 Å². The van der Waals surface area contributed by atoms with Crippen LogP contribution in [0.25, 0.3) is 0 Å². The van der Waals surface area contributed by atoms with Gasteiger partial charge in [-0.1, -0.05) is 267 Å². The second-order valence-electron chi connectivity index (χ2n) is 21.7. The molecule has 2 unspecified atom stereocenters. The summed E-state index contributed by atoms with van der Waals surface area (Å²) in [5.74, 6) is -0.863. The molecule has 0 radical (unpaired) electrons. The van der Waals surface area contributed by atoms with E-state index in [1.807, 2.05) is 21.1 Å². The number of ether oxygens (including phenoxy) is 2. The van der Waals surface area contributed by atoms with E-state index in [4.69, 9.17) is 18.5 Å². The number of allylic oxidation sites excluding steroid dienone is 10. The van der Waals surface area contributed by atoms with E-state index in [1.165, 1.54) is 173 Å². The van der Waals surface area contributed by atoms with Gasteiger partial charge in [0.15, 0.2) is 6.10 Å². The zero-order valence-electron chi connectivity index (χ0n) is 48.3. The lowest BCUT2D eigenvalue weighted by Crippen LogP contribution is -2.37. The highest BCUT2D eigenvalue weighted by Gasteiger charge is 2.22. The van der Waals surface area contributed by atoms with Gasteiger partial charge >= 0.3 is 11.9 Å². The van der Waals surface area contributed by atoms with Crippen LogP contribution in [0.1, 0.15) is 277 Å². The maximum Gasteiger partial charge on any atom is 0.306 e. The number of carbonyl (C=O) groups is 2. The van der Waals surface area contributed by atoms with Crippen LogP contribution in [0.5, 0.6) is 0 Å². The average molecular weight is 1050 g/mol.